The van der Waals surface area contributed by atoms with E-state index in [9.17, 15) is 23.6 Å². The summed E-state index contributed by atoms with van der Waals surface area (Å²) in [6, 6.07) is 26.8. The van der Waals surface area contributed by atoms with E-state index in [1.165, 1.54) is 24.3 Å². The Hall–Kier alpha value is -4.55. The molecule has 2 spiro atoms. The third-order valence-corrected chi connectivity index (χ3v) is 8.14. The lowest BCUT2D eigenvalue weighted by Crippen LogP contribution is -2.51. The Morgan fingerprint density at radius 1 is 0.526 bits per heavy atom. The molecule has 7 rings (SSSR count). The first-order valence-corrected chi connectivity index (χ1v) is 12.3. The van der Waals surface area contributed by atoms with Crippen LogP contribution < -0.4 is 0 Å². The summed E-state index contributed by atoms with van der Waals surface area (Å²) < 4.78 is 20.7. The summed E-state index contributed by atoms with van der Waals surface area (Å²) in [6.45, 7) is 0. The van der Waals surface area contributed by atoms with Gasteiger partial charge in [-0.3, -0.25) is 19.2 Å². The Morgan fingerprint density at radius 2 is 0.974 bits per heavy atom. The van der Waals surface area contributed by atoms with E-state index in [4.69, 9.17) is 4.74 Å². The van der Waals surface area contributed by atoms with E-state index >= 15 is 0 Å². The number of fused-ring (bicyclic) bond motifs is 2. The maximum Gasteiger partial charge on any atom is 0.204 e. The fraction of sp³-hybridized carbons (Fsp3) is 0.125. The number of ether oxygens (including phenoxy) is 1. The predicted octanol–water partition coefficient (Wildman–Crippen LogP) is 5.56. The van der Waals surface area contributed by atoms with Gasteiger partial charge in [0.25, 0.3) is 0 Å². The van der Waals surface area contributed by atoms with E-state index in [1.54, 1.807) is 78.9 Å². The van der Waals surface area contributed by atoms with Crippen LogP contribution in [0, 0.1) is 11.2 Å². The fourth-order valence-electron chi connectivity index (χ4n) is 6.61. The second-order valence-corrected chi connectivity index (χ2v) is 9.91. The maximum absolute atomic E-state index is 14.5. The molecule has 6 heteroatoms. The topological polar surface area (TPSA) is 77.5 Å². The molecule has 0 amide bonds. The van der Waals surface area contributed by atoms with Gasteiger partial charge < -0.3 is 4.74 Å². The highest BCUT2D eigenvalue weighted by Gasteiger charge is 2.79. The largest absolute Gasteiger partial charge is 0.348 e. The molecule has 1 saturated heterocycles. The third kappa shape index (κ3) is 2.57. The summed E-state index contributed by atoms with van der Waals surface area (Å²) in [7, 11) is 0. The van der Waals surface area contributed by atoms with Crippen molar-refractivity contribution in [3.05, 3.63) is 142 Å². The van der Waals surface area contributed by atoms with Crippen molar-refractivity contribution in [2.75, 3.05) is 0 Å². The van der Waals surface area contributed by atoms with Crippen molar-refractivity contribution in [1.82, 2.24) is 0 Å². The number of hydrogen-bond donors (Lipinski definition) is 0. The van der Waals surface area contributed by atoms with Gasteiger partial charge in [0.1, 0.15) is 17.3 Å². The molecule has 4 aromatic carbocycles. The molecule has 5 nitrogen and oxygen atoms in total. The van der Waals surface area contributed by atoms with Crippen molar-refractivity contribution in [3.63, 3.8) is 0 Å². The normalized spacial score (nSPS) is 22.3. The Labute approximate surface area is 216 Å². The van der Waals surface area contributed by atoms with Crippen LogP contribution >= 0.6 is 0 Å². The lowest BCUT2D eigenvalue weighted by Gasteiger charge is -2.34. The number of halogens is 1. The highest BCUT2D eigenvalue weighted by atomic mass is 19.1. The predicted molar refractivity (Wildman–Crippen MR) is 135 cm³/mol. The van der Waals surface area contributed by atoms with E-state index < -0.39 is 52.0 Å². The highest BCUT2D eigenvalue weighted by molar-refractivity contribution is 6.37. The number of carbonyl (C=O) groups is 4. The molecular weight excluding hydrogens is 483 g/mol. The second kappa shape index (κ2) is 7.73. The SMILES string of the molecule is O=C1c2ccccc2C(=O)C12OC(c1ccccc1)C1(C(=O)c3ccccc3C1=O)C2c1ccc(F)cc1. The van der Waals surface area contributed by atoms with Crippen LogP contribution in [0.25, 0.3) is 0 Å². The number of Topliss-reactive ketones (excluding diaryl/α,β-unsaturated/α-hetero) is 4. The zero-order chi connectivity index (χ0) is 26.2. The molecule has 1 heterocycles. The van der Waals surface area contributed by atoms with Gasteiger partial charge in [0.15, 0.2) is 11.6 Å². The Morgan fingerprint density at radius 3 is 1.47 bits per heavy atom. The first kappa shape index (κ1) is 22.6. The third-order valence-electron chi connectivity index (χ3n) is 8.14. The number of hydrogen-bond acceptors (Lipinski definition) is 5. The fourth-order valence-corrected chi connectivity index (χ4v) is 6.61. The minimum atomic E-state index is -2.19. The molecule has 0 saturated carbocycles. The molecule has 3 aliphatic rings. The van der Waals surface area contributed by atoms with Gasteiger partial charge in [0.2, 0.25) is 17.2 Å². The average Bonchev–Trinajstić information content (AvgIpc) is 3.48. The summed E-state index contributed by atoms with van der Waals surface area (Å²) in [6.07, 6.45) is -1.24. The summed E-state index contributed by atoms with van der Waals surface area (Å²) >= 11 is 0. The summed E-state index contributed by atoms with van der Waals surface area (Å²) in [4.78, 5) is 57.5. The average molecular weight is 502 g/mol. The van der Waals surface area contributed by atoms with E-state index in [0.717, 1.165) is 0 Å². The molecule has 2 aliphatic carbocycles. The minimum Gasteiger partial charge on any atom is -0.348 e. The number of rotatable bonds is 2. The summed E-state index contributed by atoms with van der Waals surface area (Å²) in [5.74, 6) is -4.12. The molecule has 2 atom stereocenters. The maximum atomic E-state index is 14.5. The number of ketones is 4. The van der Waals surface area contributed by atoms with Gasteiger partial charge in [-0.05, 0) is 23.3 Å². The molecule has 4 aromatic rings. The van der Waals surface area contributed by atoms with E-state index in [0.29, 0.717) is 11.1 Å². The number of benzene rings is 4. The molecule has 0 bridgehead atoms. The van der Waals surface area contributed by atoms with Crippen LogP contribution in [-0.4, -0.2) is 28.7 Å². The van der Waals surface area contributed by atoms with E-state index in [2.05, 4.69) is 0 Å². The zero-order valence-electron chi connectivity index (χ0n) is 19.9. The van der Waals surface area contributed by atoms with Gasteiger partial charge in [-0.1, -0.05) is 91.0 Å². The highest BCUT2D eigenvalue weighted by Crippen LogP contribution is 2.67. The number of carbonyl (C=O) groups excluding carboxylic acids is 4. The quantitative estimate of drug-likeness (QED) is 0.335. The standard InChI is InChI=1S/C32H19FO5/c33-20-16-14-18(15-17-20)25-31(26(34)21-10-4-5-11-22(21)27(31)35)30(19-8-2-1-3-9-19)38-32(25)28(36)23-12-6-7-13-24(23)29(32)37/h1-17,25,30H. The first-order valence-electron chi connectivity index (χ1n) is 12.3. The van der Waals surface area contributed by atoms with Crippen LogP contribution in [0.15, 0.2) is 103 Å². The van der Waals surface area contributed by atoms with Crippen LogP contribution in [0.3, 0.4) is 0 Å². The molecule has 0 N–H and O–H groups in total. The van der Waals surface area contributed by atoms with Crippen LogP contribution in [0.4, 0.5) is 4.39 Å². The molecular formula is C32H19FO5. The summed E-state index contributed by atoms with van der Waals surface area (Å²) in [5.41, 5.74) is -2.60. The Balaban J connectivity index is 1.59. The van der Waals surface area contributed by atoms with E-state index in [-0.39, 0.29) is 22.3 Å². The molecule has 2 unspecified atom stereocenters. The lowest BCUT2D eigenvalue weighted by molar-refractivity contribution is -0.0210. The minimum absolute atomic E-state index is 0.170. The van der Waals surface area contributed by atoms with Crippen molar-refractivity contribution in [1.29, 1.82) is 0 Å². The Kier molecular flexibility index (Phi) is 4.60. The van der Waals surface area contributed by atoms with Crippen molar-refractivity contribution in [2.24, 2.45) is 5.41 Å². The molecule has 1 fully saturated rings. The van der Waals surface area contributed by atoms with Crippen molar-refractivity contribution in [2.45, 2.75) is 17.6 Å². The van der Waals surface area contributed by atoms with Crippen LogP contribution in [0.1, 0.15) is 64.6 Å². The zero-order valence-corrected chi connectivity index (χ0v) is 19.9. The first-order chi connectivity index (χ1) is 18.4. The van der Waals surface area contributed by atoms with Crippen molar-refractivity contribution < 1.29 is 28.3 Å². The van der Waals surface area contributed by atoms with Gasteiger partial charge in [-0.25, -0.2) is 4.39 Å². The molecule has 38 heavy (non-hydrogen) atoms. The summed E-state index contributed by atoms with van der Waals surface area (Å²) in [5, 5.41) is 0. The van der Waals surface area contributed by atoms with Crippen LogP contribution in [-0.2, 0) is 4.74 Å². The second-order valence-electron chi connectivity index (χ2n) is 9.91. The Bertz CT molecular complexity index is 1620. The van der Waals surface area contributed by atoms with Crippen LogP contribution in [0.5, 0.6) is 0 Å². The molecule has 184 valence electrons. The van der Waals surface area contributed by atoms with Crippen LogP contribution in [0.2, 0.25) is 0 Å². The molecule has 0 radical (unpaired) electrons. The monoisotopic (exact) mass is 502 g/mol. The van der Waals surface area contributed by atoms with Gasteiger partial charge in [-0.2, -0.15) is 0 Å². The smallest absolute Gasteiger partial charge is 0.204 e. The van der Waals surface area contributed by atoms with Gasteiger partial charge in [0.05, 0.1) is 5.92 Å². The van der Waals surface area contributed by atoms with Gasteiger partial charge in [0, 0.05) is 22.3 Å². The van der Waals surface area contributed by atoms with Crippen molar-refractivity contribution in [3.8, 4) is 0 Å². The molecule has 1 aliphatic heterocycles. The van der Waals surface area contributed by atoms with Gasteiger partial charge in [-0.15, -0.1) is 0 Å². The van der Waals surface area contributed by atoms with Crippen molar-refractivity contribution >= 4 is 23.1 Å². The van der Waals surface area contributed by atoms with Gasteiger partial charge >= 0.3 is 0 Å². The van der Waals surface area contributed by atoms with E-state index in [1.807, 2.05) is 0 Å². The molecule has 0 aromatic heterocycles. The lowest BCUT2D eigenvalue weighted by atomic mass is 9.60.